The van der Waals surface area contributed by atoms with Crippen molar-refractivity contribution in [1.82, 2.24) is 40.0 Å². The molecule has 26 nitrogen and oxygen atoms in total. The van der Waals surface area contributed by atoms with Crippen LogP contribution in [0.1, 0.15) is 133 Å². The summed E-state index contributed by atoms with van der Waals surface area (Å²) in [6.45, 7) is 32.8. The number of para-hydroxylation sites is 1. The van der Waals surface area contributed by atoms with Crippen LogP contribution in [0.4, 0.5) is 11.4 Å². The summed E-state index contributed by atoms with van der Waals surface area (Å²) < 4.78 is 9.03. The van der Waals surface area contributed by atoms with Gasteiger partial charge in [-0.15, -0.1) is 0 Å². The van der Waals surface area contributed by atoms with Gasteiger partial charge in [0.05, 0.1) is 13.0 Å². The van der Waals surface area contributed by atoms with Gasteiger partial charge in [0, 0.05) is 143 Å². The second kappa shape index (κ2) is 62.2. The second-order valence-electron chi connectivity index (χ2n) is 21.8. The summed E-state index contributed by atoms with van der Waals surface area (Å²) in [5, 5.41) is 31.2. The van der Waals surface area contributed by atoms with Crippen molar-refractivity contribution in [2.75, 3.05) is 158 Å². The highest BCUT2D eigenvalue weighted by molar-refractivity contribution is 6.13. The quantitative estimate of drug-likeness (QED) is 0.0446. The number of likely N-dealkylation sites (tertiary alicyclic amines) is 2. The number of aliphatic hydroxyl groups excluding tert-OH is 3. The molecule has 10 amide bonds. The number of aryl methyl sites for hydroxylation is 1. The molecule has 1 atom stereocenters. The van der Waals surface area contributed by atoms with Gasteiger partial charge in [-0.2, -0.15) is 0 Å². The predicted octanol–water partition coefficient (Wildman–Crippen LogP) is 5.50. The number of nitrogens with zero attached hydrogens (tertiary/aromatic N) is 8. The first-order valence-corrected chi connectivity index (χ1v) is 32.8. The minimum absolute atomic E-state index is 0.00287. The van der Waals surface area contributed by atoms with E-state index in [0.717, 1.165) is 53.0 Å². The van der Waals surface area contributed by atoms with Crippen LogP contribution in [0.2, 0.25) is 0 Å². The molecule has 0 aliphatic carbocycles. The SMILES string of the molecule is C=C1CC(=O)N(C)C1=O.CC(=O)N(CCCO)CCCO.CC1CC(=O)N(C)C1=O.CCCCNC.CCCN(C)CCC.CCN(C(C)=O)c1ccccc1.CCN(C)c1cccc(C)c1.CCOC(C)=O.CN1C(=O)C=CC1=O.CN1C(=O)COCC1=O.CNCCCO. The third-order valence-electron chi connectivity index (χ3n) is 13.4. The fourth-order valence-corrected chi connectivity index (χ4v) is 7.58. The van der Waals surface area contributed by atoms with Crippen molar-refractivity contribution < 1.29 is 77.5 Å². The molecule has 4 heterocycles. The van der Waals surface area contributed by atoms with Crippen LogP contribution in [0, 0.1) is 12.8 Å². The first-order valence-electron chi connectivity index (χ1n) is 32.8. The number of carbonyl (C=O) groups excluding carboxylic acids is 11. The Labute approximate surface area is 574 Å². The number of benzene rings is 2. The average Bonchev–Trinajstić information content (AvgIpc) is 1.75. The molecule has 1 unspecified atom stereocenters. The van der Waals surface area contributed by atoms with E-state index in [1.165, 1.54) is 109 Å². The van der Waals surface area contributed by atoms with Crippen molar-refractivity contribution in [3.8, 4) is 0 Å². The number of unbranched alkanes of at least 4 members (excludes halogenated alkanes) is 1. The van der Waals surface area contributed by atoms with Gasteiger partial charge in [0.2, 0.25) is 29.5 Å². The molecule has 0 saturated carbocycles. The summed E-state index contributed by atoms with van der Waals surface area (Å²) >= 11 is 0. The largest absolute Gasteiger partial charge is 0.466 e. The van der Waals surface area contributed by atoms with E-state index in [1.807, 2.05) is 51.4 Å². The molecule has 2 aromatic rings. The minimum Gasteiger partial charge on any atom is -0.466 e. The van der Waals surface area contributed by atoms with Crippen molar-refractivity contribution in [1.29, 1.82) is 0 Å². The van der Waals surface area contributed by atoms with Crippen molar-refractivity contribution >= 4 is 76.4 Å². The Kier molecular flexibility index (Phi) is 62.9. The molecule has 4 aliphatic heterocycles. The molecule has 3 saturated heterocycles. The highest BCUT2D eigenvalue weighted by atomic mass is 16.5. The van der Waals surface area contributed by atoms with E-state index in [0.29, 0.717) is 51.1 Å². The van der Waals surface area contributed by atoms with Gasteiger partial charge in [0.25, 0.3) is 29.5 Å². The lowest BCUT2D eigenvalue weighted by Crippen LogP contribution is -2.43. The number of rotatable bonds is 21. The zero-order valence-corrected chi connectivity index (χ0v) is 61.6. The van der Waals surface area contributed by atoms with E-state index >= 15 is 0 Å². The van der Waals surface area contributed by atoms with Crippen molar-refractivity contribution in [2.45, 2.75) is 134 Å². The number of nitrogens with one attached hydrogen (secondary N) is 2. The number of anilines is 2. The topological polar surface area (TPSA) is 317 Å². The summed E-state index contributed by atoms with van der Waals surface area (Å²) in [6, 6.07) is 18.2. The molecule has 0 radical (unpaired) electrons. The van der Waals surface area contributed by atoms with Crippen LogP contribution >= 0.6 is 0 Å². The van der Waals surface area contributed by atoms with Crippen LogP contribution in [-0.2, 0) is 62.2 Å². The summed E-state index contributed by atoms with van der Waals surface area (Å²) in [6.07, 6.45) is 10.3. The fraction of sp³-hybridized carbons (Fsp3) is 0.614. The first-order chi connectivity index (χ1) is 45.3. The fourth-order valence-electron chi connectivity index (χ4n) is 7.58. The van der Waals surface area contributed by atoms with Crippen molar-refractivity contribution in [3.63, 3.8) is 0 Å². The molecule has 3 fully saturated rings. The maximum Gasteiger partial charge on any atom is 0.302 e. The van der Waals surface area contributed by atoms with E-state index in [4.69, 9.17) is 15.3 Å². The minimum atomic E-state index is -0.272. The highest BCUT2D eigenvalue weighted by Crippen LogP contribution is 2.17. The zero-order chi connectivity index (χ0) is 74.7. The Balaban J connectivity index is -0.000000319. The van der Waals surface area contributed by atoms with Crippen LogP contribution in [0.5, 0.6) is 0 Å². The molecule has 0 bridgehead atoms. The summed E-state index contributed by atoms with van der Waals surface area (Å²) in [5.74, 6) is -1.78. The van der Waals surface area contributed by atoms with Crippen molar-refractivity contribution in [3.05, 3.63) is 84.5 Å². The zero-order valence-electron chi connectivity index (χ0n) is 61.6. The van der Waals surface area contributed by atoms with Crippen LogP contribution in [0.3, 0.4) is 0 Å². The monoisotopic (exact) mass is 1360 g/mol. The summed E-state index contributed by atoms with van der Waals surface area (Å²) in [4.78, 5) is 129. The van der Waals surface area contributed by atoms with Crippen LogP contribution in [0.25, 0.3) is 0 Å². The highest BCUT2D eigenvalue weighted by Gasteiger charge is 2.32. The summed E-state index contributed by atoms with van der Waals surface area (Å²) in [5.41, 5.74) is 3.98. The molecular weight excluding hydrogens is 1240 g/mol. The first kappa shape index (κ1) is 97.1. The third kappa shape index (κ3) is 49.9. The smallest absolute Gasteiger partial charge is 0.302 e. The van der Waals surface area contributed by atoms with Crippen molar-refractivity contribution in [2.24, 2.45) is 5.92 Å². The molecule has 2 aromatic carbocycles. The molecule has 0 spiro atoms. The van der Waals surface area contributed by atoms with Gasteiger partial charge in [0.1, 0.15) is 13.2 Å². The summed E-state index contributed by atoms with van der Waals surface area (Å²) in [7, 11) is 14.0. The number of aliphatic hydroxyl groups is 3. The number of amides is 10. The number of morpholine rings is 1. The Morgan fingerprint density at radius 3 is 1.34 bits per heavy atom. The third-order valence-corrected chi connectivity index (χ3v) is 13.4. The van der Waals surface area contributed by atoms with E-state index in [-0.39, 0.29) is 104 Å². The Morgan fingerprint density at radius 1 is 0.604 bits per heavy atom. The Morgan fingerprint density at radius 2 is 1.09 bits per heavy atom. The lowest BCUT2D eigenvalue weighted by atomic mass is 10.1. The van der Waals surface area contributed by atoms with Gasteiger partial charge >= 0.3 is 5.97 Å². The number of esters is 1. The van der Waals surface area contributed by atoms with E-state index in [2.05, 4.69) is 109 Å². The number of imide groups is 4. The Bertz CT molecular complexity index is 2480. The maximum absolute atomic E-state index is 11.1. The van der Waals surface area contributed by atoms with Gasteiger partial charge in [-0.25, -0.2) is 0 Å². The molecular formula is C70H122N10O16. The van der Waals surface area contributed by atoms with E-state index in [1.54, 1.807) is 30.6 Å². The number of carbonyl (C=O) groups is 11. The Hall–Kier alpha value is -7.59. The molecule has 96 heavy (non-hydrogen) atoms. The lowest BCUT2D eigenvalue weighted by molar-refractivity contribution is -0.156. The molecule has 4 aliphatic rings. The van der Waals surface area contributed by atoms with Gasteiger partial charge < -0.3 is 55.0 Å². The standard InChI is InChI=1S/C10H13NO.C10H15N.C8H17NO3.C7H17N.C6H9NO2.C6H7NO2.C5H7NO3.C5H5NO2.C5H13N.C4H11NO.C4H8O2/c1-3-11(9(2)12)10-7-5-4-6-8-10;1-4-11(3)10-7-5-6-9(2)8-10;1-8(12)9(4-2-6-10)5-3-7-11;1-4-6-8(3)7-5-2;2*1-4-3-5(8)7(2)6(4)9;1-6-4(7)2-9-3-5(6)8;1-6-4(7)2-3-5(6)8;1-3-4-5-6-2;1-5-3-2-4-6;1-3-6-4(2)5/h4-8H,3H2,1-2H3;5-8H,4H2,1-3H3;10-11H,2-7H2,1H3;4-7H2,1-3H3;4H,3H2,1-2H3;1,3H2,2H3;2-3H2,1H3;2-3H,1H3;6H,3-5H2,1-2H3;5-6H,2-4H2,1H3;3H2,1-2H3. The maximum atomic E-state index is 11.1. The normalized spacial score (nSPS) is 13.9. The number of likely N-dealkylation sites (N-methyl/N-ethyl adjacent to an activating group) is 3. The molecule has 26 heteroatoms. The van der Waals surface area contributed by atoms with Crippen LogP contribution in [0.15, 0.2) is 78.9 Å². The molecule has 5 N–H and O–H groups in total. The molecule has 6 rings (SSSR count). The second-order valence-corrected chi connectivity index (χ2v) is 21.8. The molecule has 0 aromatic heterocycles. The van der Waals surface area contributed by atoms with Gasteiger partial charge in [0.15, 0.2) is 0 Å². The lowest BCUT2D eigenvalue weighted by Gasteiger charge is -2.19. The van der Waals surface area contributed by atoms with Gasteiger partial charge in [-0.3, -0.25) is 72.3 Å². The number of hydrogen-bond acceptors (Lipinski definition) is 20. The number of hydrogen-bond donors (Lipinski definition) is 5. The van der Waals surface area contributed by atoms with Gasteiger partial charge in [-0.05, 0) is 143 Å². The average molecular weight is 1360 g/mol. The molecule has 548 valence electrons. The van der Waals surface area contributed by atoms with Gasteiger partial charge in [-0.1, -0.05) is 71.0 Å². The van der Waals surface area contributed by atoms with E-state index in [9.17, 15) is 52.7 Å². The van der Waals surface area contributed by atoms with Crippen LogP contribution in [-0.4, -0.2) is 258 Å². The van der Waals surface area contributed by atoms with E-state index < -0.39 is 0 Å². The van der Waals surface area contributed by atoms with Crippen LogP contribution < -0.4 is 20.4 Å². The predicted molar refractivity (Wildman–Crippen MR) is 379 cm³/mol. The number of ether oxygens (including phenoxy) is 2.